The molecule has 1 heterocycles. The fourth-order valence-corrected chi connectivity index (χ4v) is 2.37. The van der Waals surface area contributed by atoms with E-state index in [2.05, 4.69) is 4.74 Å². The number of hydrogen-bond acceptors (Lipinski definition) is 3. The van der Waals surface area contributed by atoms with Gasteiger partial charge in [-0.25, -0.2) is 9.18 Å². The molecule has 6 heteroatoms. The molecule has 0 aromatic heterocycles. The van der Waals surface area contributed by atoms with Crippen molar-refractivity contribution >= 4 is 29.2 Å². The van der Waals surface area contributed by atoms with Crippen molar-refractivity contribution in [1.29, 1.82) is 0 Å². The van der Waals surface area contributed by atoms with Gasteiger partial charge in [-0.2, -0.15) is 0 Å². The zero-order chi connectivity index (χ0) is 14.0. The van der Waals surface area contributed by atoms with Crippen molar-refractivity contribution in [2.75, 3.05) is 24.4 Å². The van der Waals surface area contributed by atoms with Crippen molar-refractivity contribution < 1.29 is 18.7 Å². The minimum Gasteiger partial charge on any atom is -0.465 e. The Hall–Kier alpha value is -1.62. The predicted molar refractivity (Wildman–Crippen MR) is 68.9 cm³/mol. The molecule has 0 radical (unpaired) electrons. The first kappa shape index (κ1) is 13.8. The van der Waals surface area contributed by atoms with Gasteiger partial charge in [-0.15, -0.1) is 11.6 Å². The van der Waals surface area contributed by atoms with Crippen molar-refractivity contribution in [3.8, 4) is 0 Å². The second-order valence-corrected chi connectivity index (χ2v) is 4.66. The standard InChI is InChI=1S/C13H13ClFNO3/c1-19-13(18)12-9(15)3-2-4-10(12)16-7-8(6-14)5-11(16)17/h2-4,8H,5-7H2,1H3. The van der Waals surface area contributed by atoms with Crippen molar-refractivity contribution in [3.63, 3.8) is 0 Å². The largest absolute Gasteiger partial charge is 0.465 e. The van der Waals surface area contributed by atoms with Crippen LogP contribution in [-0.2, 0) is 9.53 Å². The Balaban J connectivity index is 2.43. The van der Waals surface area contributed by atoms with Gasteiger partial charge in [0, 0.05) is 18.8 Å². The van der Waals surface area contributed by atoms with Gasteiger partial charge in [0.05, 0.1) is 12.8 Å². The Morgan fingerprint density at radius 1 is 1.58 bits per heavy atom. The summed E-state index contributed by atoms with van der Waals surface area (Å²) in [7, 11) is 1.17. The van der Waals surface area contributed by atoms with E-state index < -0.39 is 11.8 Å². The topological polar surface area (TPSA) is 46.6 Å². The third-order valence-corrected chi connectivity index (χ3v) is 3.53. The van der Waals surface area contributed by atoms with Gasteiger partial charge >= 0.3 is 5.97 Å². The maximum Gasteiger partial charge on any atom is 0.343 e. The Morgan fingerprint density at radius 2 is 2.32 bits per heavy atom. The average Bonchev–Trinajstić information content (AvgIpc) is 2.79. The van der Waals surface area contributed by atoms with E-state index in [4.69, 9.17) is 11.6 Å². The highest BCUT2D eigenvalue weighted by Gasteiger charge is 2.33. The molecule has 1 saturated heterocycles. The summed E-state index contributed by atoms with van der Waals surface area (Å²) < 4.78 is 18.3. The van der Waals surface area contributed by atoms with Crippen LogP contribution in [0.1, 0.15) is 16.8 Å². The lowest BCUT2D eigenvalue weighted by molar-refractivity contribution is -0.117. The molecule has 0 N–H and O–H groups in total. The van der Waals surface area contributed by atoms with Crippen LogP contribution in [0, 0.1) is 11.7 Å². The number of amides is 1. The summed E-state index contributed by atoms with van der Waals surface area (Å²) >= 11 is 5.74. The number of nitrogens with zero attached hydrogens (tertiary/aromatic N) is 1. The molecule has 1 amide bonds. The number of halogens is 2. The van der Waals surface area contributed by atoms with Crippen LogP contribution in [0.3, 0.4) is 0 Å². The molecule has 1 aliphatic heterocycles. The van der Waals surface area contributed by atoms with Crippen LogP contribution in [0.25, 0.3) is 0 Å². The molecule has 0 spiro atoms. The first-order valence-electron chi connectivity index (χ1n) is 5.81. The summed E-state index contributed by atoms with van der Waals surface area (Å²) in [6, 6.07) is 4.15. The van der Waals surface area contributed by atoms with Gasteiger partial charge in [0.1, 0.15) is 11.4 Å². The van der Waals surface area contributed by atoms with E-state index in [1.165, 1.54) is 24.1 Å². The highest BCUT2D eigenvalue weighted by molar-refractivity contribution is 6.18. The number of rotatable bonds is 3. The number of hydrogen-bond donors (Lipinski definition) is 0. The number of anilines is 1. The van der Waals surface area contributed by atoms with Crippen molar-refractivity contribution in [3.05, 3.63) is 29.6 Å². The highest BCUT2D eigenvalue weighted by atomic mass is 35.5. The minimum atomic E-state index is -0.796. The first-order chi connectivity index (χ1) is 9.08. The van der Waals surface area contributed by atoms with E-state index in [1.807, 2.05) is 0 Å². The number of esters is 1. The third-order valence-electron chi connectivity index (χ3n) is 3.10. The first-order valence-corrected chi connectivity index (χ1v) is 6.35. The van der Waals surface area contributed by atoms with Crippen LogP contribution < -0.4 is 4.90 Å². The van der Waals surface area contributed by atoms with E-state index >= 15 is 0 Å². The van der Waals surface area contributed by atoms with Gasteiger partial charge in [0.2, 0.25) is 5.91 Å². The van der Waals surface area contributed by atoms with Gasteiger partial charge in [-0.3, -0.25) is 4.79 Å². The van der Waals surface area contributed by atoms with Gasteiger partial charge in [-0.1, -0.05) is 6.07 Å². The fourth-order valence-electron chi connectivity index (χ4n) is 2.16. The Labute approximate surface area is 115 Å². The average molecular weight is 286 g/mol. The molecule has 1 atom stereocenters. The number of ether oxygens (including phenoxy) is 1. The van der Waals surface area contributed by atoms with Gasteiger partial charge in [-0.05, 0) is 18.1 Å². The molecule has 1 aromatic rings. The van der Waals surface area contributed by atoms with Crippen LogP contribution in [0.5, 0.6) is 0 Å². The Kier molecular flexibility index (Phi) is 4.04. The molecule has 0 saturated carbocycles. The smallest absolute Gasteiger partial charge is 0.343 e. The van der Waals surface area contributed by atoms with Crippen molar-refractivity contribution in [2.45, 2.75) is 6.42 Å². The number of carbonyl (C=O) groups excluding carboxylic acids is 2. The molecule has 0 bridgehead atoms. The lowest BCUT2D eigenvalue weighted by Crippen LogP contribution is -2.27. The molecule has 4 nitrogen and oxygen atoms in total. The predicted octanol–water partition coefficient (Wildman–Crippen LogP) is 2.20. The molecule has 1 unspecified atom stereocenters. The van der Waals surface area contributed by atoms with Crippen LogP contribution >= 0.6 is 11.6 Å². The van der Waals surface area contributed by atoms with Crippen LogP contribution in [0.15, 0.2) is 18.2 Å². The molecule has 2 rings (SSSR count). The quantitative estimate of drug-likeness (QED) is 0.632. The highest BCUT2D eigenvalue weighted by Crippen LogP contribution is 2.30. The fraction of sp³-hybridized carbons (Fsp3) is 0.385. The summed E-state index contributed by atoms with van der Waals surface area (Å²) in [6.07, 6.45) is 0.306. The lowest BCUT2D eigenvalue weighted by Gasteiger charge is -2.19. The van der Waals surface area contributed by atoms with Crippen LogP contribution in [0.2, 0.25) is 0 Å². The molecular weight excluding hydrogens is 273 g/mol. The second-order valence-electron chi connectivity index (χ2n) is 4.35. The second kappa shape index (κ2) is 5.57. The van der Waals surface area contributed by atoms with E-state index in [-0.39, 0.29) is 23.1 Å². The molecule has 1 fully saturated rings. The molecule has 1 aliphatic rings. The van der Waals surface area contributed by atoms with Gasteiger partial charge in [0.25, 0.3) is 0 Å². The third kappa shape index (κ3) is 2.56. The summed E-state index contributed by atoms with van der Waals surface area (Å²) in [6.45, 7) is 0.385. The minimum absolute atomic E-state index is 0.0166. The molecule has 102 valence electrons. The van der Waals surface area contributed by atoms with E-state index in [0.29, 0.717) is 18.8 Å². The van der Waals surface area contributed by atoms with Crippen molar-refractivity contribution in [1.82, 2.24) is 0 Å². The molecular formula is C13H13ClFNO3. The van der Waals surface area contributed by atoms with Crippen LogP contribution in [-0.4, -0.2) is 31.4 Å². The summed E-state index contributed by atoms with van der Waals surface area (Å²) in [5.41, 5.74) is 0.0260. The monoisotopic (exact) mass is 285 g/mol. The Morgan fingerprint density at radius 3 is 2.89 bits per heavy atom. The maximum absolute atomic E-state index is 13.8. The molecule has 1 aromatic carbocycles. The Bertz CT molecular complexity index is 521. The van der Waals surface area contributed by atoms with E-state index in [9.17, 15) is 14.0 Å². The number of methoxy groups -OCH3 is 1. The van der Waals surface area contributed by atoms with Crippen molar-refractivity contribution in [2.24, 2.45) is 5.92 Å². The number of alkyl halides is 1. The zero-order valence-corrected chi connectivity index (χ0v) is 11.1. The number of benzene rings is 1. The molecule has 19 heavy (non-hydrogen) atoms. The summed E-state index contributed by atoms with van der Waals surface area (Å²) in [5.74, 6) is -1.29. The lowest BCUT2D eigenvalue weighted by atomic mass is 10.1. The SMILES string of the molecule is COC(=O)c1c(F)cccc1N1CC(CCl)CC1=O. The van der Waals surface area contributed by atoms with E-state index in [0.717, 1.165) is 6.07 Å². The van der Waals surface area contributed by atoms with Crippen LogP contribution in [0.4, 0.5) is 10.1 Å². The summed E-state index contributed by atoms with van der Waals surface area (Å²) in [5, 5.41) is 0. The van der Waals surface area contributed by atoms with Gasteiger partial charge in [0.15, 0.2) is 0 Å². The van der Waals surface area contributed by atoms with E-state index in [1.54, 1.807) is 0 Å². The molecule has 0 aliphatic carbocycles. The summed E-state index contributed by atoms with van der Waals surface area (Å²) in [4.78, 5) is 24.9. The number of carbonyl (C=O) groups is 2. The maximum atomic E-state index is 13.8. The van der Waals surface area contributed by atoms with Gasteiger partial charge < -0.3 is 9.64 Å². The zero-order valence-electron chi connectivity index (χ0n) is 10.4. The normalized spacial score (nSPS) is 18.8.